The van der Waals surface area contributed by atoms with Crippen LogP contribution in [0.15, 0.2) is 72.8 Å². The van der Waals surface area contributed by atoms with E-state index in [1.807, 2.05) is 37.3 Å². The third-order valence-electron chi connectivity index (χ3n) is 4.72. The molecule has 0 saturated heterocycles. The number of amides is 2. The molecule has 0 bridgehead atoms. The summed E-state index contributed by atoms with van der Waals surface area (Å²) in [4.78, 5) is 25.6. The maximum Gasteiger partial charge on any atom is 0.255 e. The molecule has 3 rings (SSSR count). The van der Waals surface area contributed by atoms with Crippen LogP contribution in [0.1, 0.15) is 38.8 Å². The summed E-state index contributed by atoms with van der Waals surface area (Å²) in [5.74, 6) is 0.0842. The van der Waals surface area contributed by atoms with Gasteiger partial charge in [-0.25, -0.2) is 0 Å². The summed E-state index contributed by atoms with van der Waals surface area (Å²) in [5, 5.41) is 5.74. The lowest BCUT2D eigenvalue weighted by Gasteiger charge is -2.13. The predicted octanol–water partition coefficient (Wildman–Crippen LogP) is 4.41. The molecule has 0 aliphatic rings. The van der Waals surface area contributed by atoms with Gasteiger partial charge in [0, 0.05) is 24.3 Å². The van der Waals surface area contributed by atoms with E-state index in [0.29, 0.717) is 42.3 Å². The Morgan fingerprint density at radius 3 is 2.39 bits per heavy atom. The highest BCUT2D eigenvalue weighted by molar-refractivity contribution is 6.09. The molecule has 0 atom stereocenters. The van der Waals surface area contributed by atoms with Gasteiger partial charge in [-0.15, -0.1) is 0 Å². The highest BCUT2D eigenvalue weighted by atomic mass is 16.5. The van der Waals surface area contributed by atoms with Gasteiger partial charge in [0.2, 0.25) is 0 Å². The van der Waals surface area contributed by atoms with Crippen LogP contribution in [-0.2, 0) is 17.9 Å². The minimum atomic E-state index is -0.316. The SMILES string of the molecule is CCOCc1cc(C(=O)Nc2ccccc2C(=O)NCc2ccccc2)ccc1OC. The Hall–Kier alpha value is -3.64. The predicted molar refractivity (Wildman–Crippen MR) is 120 cm³/mol. The topological polar surface area (TPSA) is 76.7 Å². The quantitative estimate of drug-likeness (QED) is 0.540. The molecule has 0 saturated carbocycles. The molecule has 0 heterocycles. The second-order valence-electron chi connectivity index (χ2n) is 6.83. The third kappa shape index (κ3) is 5.93. The normalized spacial score (nSPS) is 10.4. The molecule has 2 N–H and O–H groups in total. The molecular formula is C25H26N2O4. The van der Waals surface area contributed by atoms with Gasteiger partial charge in [0.25, 0.3) is 11.8 Å². The first-order chi connectivity index (χ1) is 15.1. The van der Waals surface area contributed by atoms with Crippen molar-refractivity contribution in [3.05, 3.63) is 95.1 Å². The summed E-state index contributed by atoms with van der Waals surface area (Å²) in [6, 6.07) is 21.7. The molecule has 0 radical (unpaired) electrons. The average molecular weight is 418 g/mol. The van der Waals surface area contributed by atoms with Gasteiger partial charge < -0.3 is 20.1 Å². The molecule has 0 fully saturated rings. The van der Waals surface area contributed by atoms with Crippen LogP contribution in [0.2, 0.25) is 0 Å². The number of hydrogen-bond donors (Lipinski definition) is 2. The molecule has 6 nitrogen and oxygen atoms in total. The molecule has 0 aliphatic carbocycles. The van der Waals surface area contributed by atoms with Crippen LogP contribution >= 0.6 is 0 Å². The number of ether oxygens (including phenoxy) is 2. The number of para-hydroxylation sites is 1. The van der Waals surface area contributed by atoms with Gasteiger partial charge in [-0.3, -0.25) is 9.59 Å². The van der Waals surface area contributed by atoms with Crippen molar-refractivity contribution in [2.75, 3.05) is 19.0 Å². The Bertz CT molecular complexity index is 1030. The number of anilines is 1. The molecule has 6 heteroatoms. The monoisotopic (exact) mass is 418 g/mol. The fourth-order valence-electron chi connectivity index (χ4n) is 3.10. The Morgan fingerprint density at radius 1 is 0.903 bits per heavy atom. The molecule has 2 amide bonds. The van der Waals surface area contributed by atoms with Crippen LogP contribution in [0.5, 0.6) is 5.75 Å². The number of carbonyl (C=O) groups excluding carboxylic acids is 2. The Labute approximate surface area is 182 Å². The van der Waals surface area contributed by atoms with E-state index in [4.69, 9.17) is 9.47 Å². The Kier molecular flexibility index (Phi) is 7.79. The Morgan fingerprint density at radius 2 is 1.65 bits per heavy atom. The van der Waals surface area contributed by atoms with Gasteiger partial charge in [0.05, 0.1) is 25.0 Å². The van der Waals surface area contributed by atoms with Gasteiger partial charge in [-0.05, 0) is 42.8 Å². The third-order valence-corrected chi connectivity index (χ3v) is 4.72. The van der Waals surface area contributed by atoms with E-state index >= 15 is 0 Å². The zero-order valence-corrected chi connectivity index (χ0v) is 17.7. The van der Waals surface area contributed by atoms with E-state index in [2.05, 4.69) is 10.6 Å². The number of hydrogen-bond acceptors (Lipinski definition) is 4. The number of nitrogens with one attached hydrogen (secondary N) is 2. The van der Waals surface area contributed by atoms with E-state index in [-0.39, 0.29) is 11.8 Å². The lowest BCUT2D eigenvalue weighted by atomic mass is 10.1. The summed E-state index contributed by atoms with van der Waals surface area (Å²) in [6.07, 6.45) is 0. The molecule has 0 unspecified atom stereocenters. The largest absolute Gasteiger partial charge is 0.496 e. The molecule has 31 heavy (non-hydrogen) atoms. The minimum absolute atomic E-state index is 0.258. The average Bonchev–Trinajstić information content (AvgIpc) is 2.82. The van der Waals surface area contributed by atoms with Gasteiger partial charge in [0.15, 0.2) is 0 Å². The summed E-state index contributed by atoms with van der Waals surface area (Å²) in [6.45, 7) is 3.22. The molecular weight excluding hydrogens is 392 g/mol. The molecule has 0 spiro atoms. The van der Waals surface area contributed by atoms with Crippen molar-refractivity contribution in [3.63, 3.8) is 0 Å². The maximum atomic E-state index is 12.9. The summed E-state index contributed by atoms with van der Waals surface area (Å²) in [7, 11) is 1.58. The van der Waals surface area contributed by atoms with E-state index in [1.165, 1.54) is 0 Å². The van der Waals surface area contributed by atoms with Crippen molar-refractivity contribution in [1.82, 2.24) is 5.32 Å². The zero-order valence-electron chi connectivity index (χ0n) is 17.7. The highest BCUT2D eigenvalue weighted by Crippen LogP contribution is 2.22. The van der Waals surface area contributed by atoms with Crippen molar-refractivity contribution < 1.29 is 19.1 Å². The van der Waals surface area contributed by atoms with Crippen LogP contribution < -0.4 is 15.4 Å². The minimum Gasteiger partial charge on any atom is -0.496 e. The van der Waals surface area contributed by atoms with Crippen molar-refractivity contribution >= 4 is 17.5 Å². The Balaban J connectivity index is 1.74. The maximum absolute atomic E-state index is 12.9. The van der Waals surface area contributed by atoms with E-state index in [0.717, 1.165) is 11.1 Å². The molecule has 0 aliphatic heterocycles. The van der Waals surface area contributed by atoms with Crippen LogP contribution in [0.25, 0.3) is 0 Å². The standard InChI is InChI=1S/C25H26N2O4/c1-3-31-17-20-15-19(13-14-23(20)30-2)24(28)27-22-12-8-7-11-21(22)25(29)26-16-18-9-5-4-6-10-18/h4-15H,3,16-17H2,1-2H3,(H,26,29)(H,27,28). The van der Waals surface area contributed by atoms with E-state index in [9.17, 15) is 9.59 Å². The van der Waals surface area contributed by atoms with Crippen molar-refractivity contribution in [2.45, 2.75) is 20.1 Å². The van der Waals surface area contributed by atoms with Crippen LogP contribution in [0, 0.1) is 0 Å². The zero-order chi connectivity index (χ0) is 22.1. The molecule has 160 valence electrons. The van der Waals surface area contributed by atoms with E-state index in [1.54, 1.807) is 49.6 Å². The second kappa shape index (κ2) is 10.9. The molecule has 3 aromatic carbocycles. The van der Waals surface area contributed by atoms with Crippen molar-refractivity contribution in [1.29, 1.82) is 0 Å². The summed E-state index contributed by atoms with van der Waals surface area (Å²) < 4.78 is 10.8. The van der Waals surface area contributed by atoms with E-state index < -0.39 is 0 Å². The van der Waals surface area contributed by atoms with Crippen LogP contribution in [0.3, 0.4) is 0 Å². The first-order valence-corrected chi connectivity index (χ1v) is 10.1. The number of benzene rings is 3. The lowest BCUT2D eigenvalue weighted by Crippen LogP contribution is -2.24. The van der Waals surface area contributed by atoms with Crippen molar-refractivity contribution in [2.24, 2.45) is 0 Å². The number of rotatable bonds is 9. The van der Waals surface area contributed by atoms with Crippen LogP contribution in [-0.4, -0.2) is 25.5 Å². The summed E-state index contributed by atoms with van der Waals surface area (Å²) in [5.41, 5.74) is 3.08. The van der Waals surface area contributed by atoms with Crippen molar-refractivity contribution in [3.8, 4) is 5.75 Å². The second-order valence-corrected chi connectivity index (χ2v) is 6.83. The van der Waals surface area contributed by atoms with Gasteiger partial charge in [0.1, 0.15) is 5.75 Å². The van der Waals surface area contributed by atoms with Gasteiger partial charge in [-0.2, -0.15) is 0 Å². The molecule has 3 aromatic rings. The fourth-order valence-corrected chi connectivity index (χ4v) is 3.10. The fraction of sp³-hybridized carbons (Fsp3) is 0.200. The highest BCUT2D eigenvalue weighted by Gasteiger charge is 2.15. The first kappa shape index (κ1) is 22.1. The number of methoxy groups -OCH3 is 1. The summed E-state index contributed by atoms with van der Waals surface area (Å²) >= 11 is 0. The number of carbonyl (C=O) groups is 2. The smallest absolute Gasteiger partial charge is 0.255 e. The first-order valence-electron chi connectivity index (χ1n) is 10.1. The lowest BCUT2D eigenvalue weighted by molar-refractivity contribution is 0.0951. The van der Waals surface area contributed by atoms with Gasteiger partial charge >= 0.3 is 0 Å². The van der Waals surface area contributed by atoms with Crippen LogP contribution in [0.4, 0.5) is 5.69 Å². The van der Waals surface area contributed by atoms with Gasteiger partial charge in [-0.1, -0.05) is 42.5 Å². The molecule has 0 aromatic heterocycles.